The molecule has 5 nitrogen and oxygen atoms in total. The van der Waals surface area contributed by atoms with Crippen LogP contribution in [0.25, 0.3) is 0 Å². The number of carbonyl (C=O) groups excluding carboxylic acids is 1. The summed E-state index contributed by atoms with van der Waals surface area (Å²) in [6, 6.07) is 0.291. The lowest BCUT2D eigenvalue weighted by Crippen LogP contribution is -2.47. The molecule has 1 aliphatic heterocycles. The summed E-state index contributed by atoms with van der Waals surface area (Å²) in [5.41, 5.74) is 0. The van der Waals surface area contributed by atoms with Gasteiger partial charge in [0.15, 0.2) is 0 Å². The van der Waals surface area contributed by atoms with Crippen molar-refractivity contribution in [2.45, 2.75) is 44.6 Å². The molecule has 0 atom stereocenters. The van der Waals surface area contributed by atoms with Gasteiger partial charge in [-0.15, -0.1) is 0 Å². The maximum absolute atomic E-state index is 11.8. The lowest BCUT2D eigenvalue weighted by Gasteiger charge is -2.34. The minimum Gasteiger partial charge on any atom is -0.481 e. The molecule has 18 heavy (non-hydrogen) atoms. The average Bonchev–Trinajstić information content (AvgIpc) is 2.25. The Balaban J connectivity index is 1.63. The van der Waals surface area contributed by atoms with Gasteiger partial charge in [0.1, 0.15) is 0 Å². The molecular weight excluding hydrogens is 232 g/mol. The highest BCUT2D eigenvalue weighted by molar-refractivity contribution is 5.79. The minimum absolute atomic E-state index is 0.207. The van der Waals surface area contributed by atoms with Crippen LogP contribution in [0.3, 0.4) is 0 Å². The van der Waals surface area contributed by atoms with E-state index >= 15 is 0 Å². The van der Waals surface area contributed by atoms with E-state index in [-0.39, 0.29) is 18.2 Å². The van der Waals surface area contributed by atoms with Crippen LogP contribution in [0.2, 0.25) is 0 Å². The quantitative estimate of drug-likeness (QED) is 0.763. The number of likely N-dealkylation sites (tertiary alicyclic amines) is 1. The molecular formula is C13H22N2O3. The zero-order chi connectivity index (χ0) is 13.0. The van der Waals surface area contributed by atoms with Gasteiger partial charge in [-0.1, -0.05) is 6.42 Å². The smallest absolute Gasteiger partial charge is 0.304 e. The number of piperidine rings is 1. The van der Waals surface area contributed by atoms with Gasteiger partial charge >= 0.3 is 5.97 Å². The van der Waals surface area contributed by atoms with Gasteiger partial charge in [-0.3, -0.25) is 9.59 Å². The summed E-state index contributed by atoms with van der Waals surface area (Å²) < 4.78 is 0. The van der Waals surface area contributed by atoms with Gasteiger partial charge in [-0.05, 0) is 25.7 Å². The average molecular weight is 254 g/mol. The molecule has 2 rings (SSSR count). The Hall–Kier alpha value is -1.10. The second-order valence-electron chi connectivity index (χ2n) is 5.40. The molecule has 5 heteroatoms. The number of nitrogens with one attached hydrogen (secondary N) is 1. The highest BCUT2D eigenvalue weighted by Gasteiger charge is 2.28. The molecule has 0 aromatic heterocycles. The number of aliphatic carboxylic acids is 1. The van der Waals surface area contributed by atoms with E-state index in [0.717, 1.165) is 38.8 Å². The lowest BCUT2D eigenvalue weighted by atomic mass is 9.84. The van der Waals surface area contributed by atoms with E-state index in [0.29, 0.717) is 12.6 Å². The molecule has 1 aliphatic carbocycles. The Morgan fingerprint density at radius 3 is 2.33 bits per heavy atom. The van der Waals surface area contributed by atoms with Crippen molar-refractivity contribution in [1.82, 2.24) is 10.2 Å². The number of carbonyl (C=O) groups is 2. The normalized spacial score (nSPS) is 22.4. The third-order valence-corrected chi connectivity index (χ3v) is 4.05. The van der Waals surface area contributed by atoms with Crippen molar-refractivity contribution in [2.24, 2.45) is 5.92 Å². The Morgan fingerprint density at radius 2 is 1.83 bits per heavy atom. The molecule has 0 unspecified atom stereocenters. The maximum Gasteiger partial charge on any atom is 0.304 e. The minimum atomic E-state index is -0.740. The second kappa shape index (κ2) is 6.18. The van der Waals surface area contributed by atoms with E-state index in [1.807, 2.05) is 0 Å². The molecule has 2 N–H and O–H groups in total. The monoisotopic (exact) mass is 254 g/mol. The Kier molecular flexibility index (Phi) is 4.58. The van der Waals surface area contributed by atoms with Gasteiger partial charge in [-0.2, -0.15) is 0 Å². The van der Waals surface area contributed by atoms with Crippen LogP contribution in [0.4, 0.5) is 0 Å². The summed E-state index contributed by atoms with van der Waals surface area (Å²) in [5, 5.41) is 11.8. The fourth-order valence-electron chi connectivity index (χ4n) is 2.54. The van der Waals surface area contributed by atoms with E-state index < -0.39 is 5.97 Å². The summed E-state index contributed by atoms with van der Waals surface area (Å²) in [4.78, 5) is 24.4. The largest absolute Gasteiger partial charge is 0.481 e. The van der Waals surface area contributed by atoms with Gasteiger partial charge < -0.3 is 15.3 Å². The van der Waals surface area contributed by atoms with Gasteiger partial charge in [0.2, 0.25) is 5.91 Å². The van der Waals surface area contributed by atoms with E-state index in [9.17, 15) is 9.59 Å². The van der Waals surface area contributed by atoms with Crippen molar-refractivity contribution in [2.75, 3.05) is 19.6 Å². The Labute approximate surface area is 108 Å². The summed E-state index contributed by atoms with van der Waals surface area (Å²) in [6.45, 7) is 2.41. The first kappa shape index (κ1) is 13.3. The number of rotatable bonds is 5. The molecule has 1 heterocycles. The number of hydrogen-bond donors (Lipinski definition) is 2. The zero-order valence-electron chi connectivity index (χ0n) is 10.7. The third-order valence-electron chi connectivity index (χ3n) is 4.05. The van der Waals surface area contributed by atoms with Crippen LogP contribution in [0.1, 0.15) is 38.5 Å². The summed E-state index contributed by atoms with van der Waals surface area (Å²) in [6.07, 6.45) is 5.37. The van der Waals surface area contributed by atoms with Crippen molar-refractivity contribution < 1.29 is 14.7 Å². The highest BCUT2D eigenvalue weighted by Crippen LogP contribution is 2.26. The van der Waals surface area contributed by atoms with Crippen molar-refractivity contribution in [3.8, 4) is 0 Å². The van der Waals surface area contributed by atoms with Crippen molar-refractivity contribution in [3.05, 3.63) is 0 Å². The van der Waals surface area contributed by atoms with Crippen molar-refractivity contribution in [1.29, 1.82) is 0 Å². The first-order valence-electron chi connectivity index (χ1n) is 6.89. The highest BCUT2D eigenvalue weighted by atomic mass is 16.4. The van der Waals surface area contributed by atoms with Crippen LogP contribution < -0.4 is 5.32 Å². The Bertz CT molecular complexity index is 307. The topological polar surface area (TPSA) is 69.6 Å². The predicted octanol–water partition coefficient (Wildman–Crippen LogP) is 0.842. The fraction of sp³-hybridized carbons (Fsp3) is 0.846. The maximum atomic E-state index is 11.8. The van der Waals surface area contributed by atoms with Crippen LogP contribution in [-0.2, 0) is 9.59 Å². The SMILES string of the molecule is O=C(O)CCN1CCC(NC(=O)C2CCC2)CC1. The summed E-state index contributed by atoms with van der Waals surface area (Å²) in [5.74, 6) is -0.254. The molecule has 0 aromatic rings. The molecule has 0 radical (unpaired) electrons. The predicted molar refractivity (Wildman–Crippen MR) is 67.2 cm³/mol. The first-order valence-corrected chi connectivity index (χ1v) is 6.89. The molecule has 1 saturated carbocycles. The molecule has 0 spiro atoms. The second-order valence-corrected chi connectivity index (χ2v) is 5.40. The number of amides is 1. The molecule has 102 valence electrons. The molecule has 1 saturated heterocycles. The van der Waals surface area contributed by atoms with Gasteiger partial charge in [-0.25, -0.2) is 0 Å². The van der Waals surface area contributed by atoms with E-state index in [1.54, 1.807) is 0 Å². The zero-order valence-corrected chi connectivity index (χ0v) is 10.7. The molecule has 2 fully saturated rings. The van der Waals surface area contributed by atoms with Crippen LogP contribution in [0.15, 0.2) is 0 Å². The van der Waals surface area contributed by atoms with E-state index in [1.165, 1.54) is 6.42 Å². The number of carboxylic acids is 1. The van der Waals surface area contributed by atoms with Crippen LogP contribution in [-0.4, -0.2) is 47.6 Å². The van der Waals surface area contributed by atoms with Crippen molar-refractivity contribution >= 4 is 11.9 Å². The molecule has 0 bridgehead atoms. The van der Waals surface area contributed by atoms with Crippen LogP contribution >= 0.6 is 0 Å². The third kappa shape index (κ3) is 3.70. The molecule has 2 aliphatic rings. The van der Waals surface area contributed by atoms with Gasteiger partial charge in [0.05, 0.1) is 6.42 Å². The lowest BCUT2D eigenvalue weighted by molar-refractivity contribution is -0.137. The van der Waals surface area contributed by atoms with Gasteiger partial charge in [0.25, 0.3) is 0 Å². The molecule has 1 amide bonds. The summed E-state index contributed by atoms with van der Waals surface area (Å²) >= 11 is 0. The number of carboxylic acid groups (broad SMARTS) is 1. The Morgan fingerprint density at radius 1 is 1.17 bits per heavy atom. The van der Waals surface area contributed by atoms with Crippen LogP contribution in [0, 0.1) is 5.92 Å². The van der Waals surface area contributed by atoms with E-state index in [2.05, 4.69) is 10.2 Å². The van der Waals surface area contributed by atoms with Crippen molar-refractivity contribution in [3.63, 3.8) is 0 Å². The standard InChI is InChI=1S/C13H22N2O3/c16-12(17)6-9-15-7-4-11(5-8-15)14-13(18)10-2-1-3-10/h10-11H,1-9H2,(H,14,18)(H,16,17). The number of nitrogens with zero attached hydrogens (tertiary/aromatic N) is 1. The molecule has 0 aromatic carbocycles. The van der Waals surface area contributed by atoms with Crippen LogP contribution in [0.5, 0.6) is 0 Å². The number of hydrogen-bond acceptors (Lipinski definition) is 3. The fourth-order valence-corrected chi connectivity index (χ4v) is 2.54. The summed E-state index contributed by atoms with van der Waals surface area (Å²) in [7, 11) is 0. The first-order chi connectivity index (χ1) is 8.65. The van der Waals surface area contributed by atoms with Gasteiger partial charge in [0, 0.05) is 31.6 Å². The van der Waals surface area contributed by atoms with E-state index in [4.69, 9.17) is 5.11 Å².